The fraction of sp³-hybridized carbons (Fsp3) is 0.818. The molecule has 0 fully saturated rings. The van der Waals surface area contributed by atoms with Crippen LogP contribution in [0.25, 0.3) is 0 Å². The van der Waals surface area contributed by atoms with Crippen LogP contribution in [0.1, 0.15) is 45.4 Å². The van der Waals surface area contributed by atoms with Crippen LogP contribution in [-0.4, -0.2) is 22.9 Å². The highest BCUT2D eigenvalue weighted by Crippen LogP contribution is 2.01. The molecule has 0 aromatic heterocycles. The van der Waals surface area contributed by atoms with E-state index in [0.717, 1.165) is 12.8 Å². The Kier molecular flexibility index (Phi) is 9.18. The van der Waals surface area contributed by atoms with Crippen molar-refractivity contribution in [1.29, 1.82) is 0 Å². The first kappa shape index (κ1) is 12.5. The highest BCUT2D eigenvalue weighted by atomic mass is 16.3. The van der Waals surface area contributed by atoms with Crippen LogP contribution in [-0.2, 0) is 0 Å². The van der Waals surface area contributed by atoms with E-state index in [1.54, 1.807) is 0 Å². The van der Waals surface area contributed by atoms with Gasteiger partial charge in [-0.05, 0) is 6.42 Å². The molecule has 1 unspecified atom stereocenters. The molecule has 1 atom stereocenters. The zero-order valence-corrected chi connectivity index (χ0v) is 8.42. The van der Waals surface area contributed by atoms with Crippen LogP contribution >= 0.6 is 0 Å². The Morgan fingerprint density at radius 3 is 2.54 bits per heavy atom. The van der Waals surface area contributed by atoms with E-state index in [9.17, 15) is 0 Å². The predicted molar refractivity (Wildman–Crippen MR) is 54.2 cm³/mol. The summed E-state index contributed by atoms with van der Waals surface area (Å²) in [4.78, 5) is 0. The summed E-state index contributed by atoms with van der Waals surface area (Å²) in [6, 6.07) is 0. The number of unbranched alkanes of at least 4 members (excludes halogenated alkanes) is 4. The summed E-state index contributed by atoms with van der Waals surface area (Å²) >= 11 is 0. The van der Waals surface area contributed by atoms with Gasteiger partial charge in [-0.3, -0.25) is 0 Å². The van der Waals surface area contributed by atoms with Gasteiger partial charge in [-0.25, -0.2) is 0 Å². The SMILES string of the molecule is CCCCCCC#CCC(O)CO. The second-order valence-electron chi connectivity index (χ2n) is 3.20. The van der Waals surface area contributed by atoms with Gasteiger partial charge in [0.2, 0.25) is 0 Å². The van der Waals surface area contributed by atoms with Gasteiger partial charge in [0.05, 0.1) is 12.7 Å². The van der Waals surface area contributed by atoms with E-state index in [-0.39, 0.29) is 6.61 Å². The van der Waals surface area contributed by atoms with Crippen LogP contribution in [0.4, 0.5) is 0 Å². The Morgan fingerprint density at radius 2 is 1.92 bits per heavy atom. The summed E-state index contributed by atoms with van der Waals surface area (Å²) in [5, 5.41) is 17.4. The summed E-state index contributed by atoms with van der Waals surface area (Å²) in [7, 11) is 0. The van der Waals surface area contributed by atoms with Gasteiger partial charge < -0.3 is 10.2 Å². The van der Waals surface area contributed by atoms with Crippen molar-refractivity contribution >= 4 is 0 Å². The van der Waals surface area contributed by atoms with Crippen molar-refractivity contribution in [2.75, 3.05) is 6.61 Å². The van der Waals surface area contributed by atoms with Crippen LogP contribution < -0.4 is 0 Å². The van der Waals surface area contributed by atoms with Gasteiger partial charge in [0.15, 0.2) is 0 Å². The maximum atomic E-state index is 8.95. The lowest BCUT2D eigenvalue weighted by Gasteiger charge is -1.98. The Bertz CT molecular complexity index is 155. The zero-order valence-electron chi connectivity index (χ0n) is 8.42. The van der Waals surface area contributed by atoms with E-state index >= 15 is 0 Å². The van der Waals surface area contributed by atoms with Crippen LogP contribution in [0.5, 0.6) is 0 Å². The molecule has 0 heterocycles. The molecular formula is C11H20O2. The Balaban J connectivity index is 3.20. The molecule has 0 aromatic rings. The van der Waals surface area contributed by atoms with Crippen LogP contribution in [0.2, 0.25) is 0 Å². The van der Waals surface area contributed by atoms with Crippen molar-refractivity contribution in [3.8, 4) is 11.8 Å². The molecule has 0 aromatic carbocycles. The number of rotatable bonds is 6. The molecule has 2 N–H and O–H groups in total. The lowest BCUT2D eigenvalue weighted by Crippen LogP contribution is -2.09. The van der Waals surface area contributed by atoms with E-state index in [1.807, 2.05) is 0 Å². The van der Waals surface area contributed by atoms with Crippen molar-refractivity contribution in [1.82, 2.24) is 0 Å². The summed E-state index contributed by atoms with van der Waals surface area (Å²) in [5.41, 5.74) is 0. The van der Waals surface area contributed by atoms with E-state index < -0.39 is 6.10 Å². The largest absolute Gasteiger partial charge is 0.394 e. The van der Waals surface area contributed by atoms with E-state index in [4.69, 9.17) is 10.2 Å². The molecule has 2 heteroatoms. The standard InChI is InChI=1S/C11H20O2/c1-2-3-4-5-6-7-8-9-11(13)10-12/h11-13H,2-6,9-10H2,1H3. The Hall–Kier alpha value is -0.520. The van der Waals surface area contributed by atoms with Gasteiger partial charge in [0.1, 0.15) is 0 Å². The number of aliphatic hydroxyl groups is 2. The predicted octanol–water partition coefficient (Wildman–Crippen LogP) is 1.70. The third-order valence-corrected chi connectivity index (χ3v) is 1.83. The molecule has 0 aliphatic rings. The topological polar surface area (TPSA) is 40.5 Å². The second kappa shape index (κ2) is 9.57. The molecule has 0 saturated carbocycles. The molecule has 0 saturated heterocycles. The van der Waals surface area contributed by atoms with Crippen LogP contribution in [0.3, 0.4) is 0 Å². The normalized spacial score (nSPS) is 11.9. The highest BCUT2D eigenvalue weighted by Gasteiger charge is 1.95. The third kappa shape index (κ3) is 9.39. The fourth-order valence-electron chi connectivity index (χ4n) is 0.983. The molecular weight excluding hydrogens is 164 g/mol. The molecule has 13 heavy (non-hydrogen) atoms. The average molecular weight is 184 g/mol. The second-order valence-corrected chi connectivity index (χ2v) is 3.20. The maximum Gasteiger partial charge on any atom is 0.0879 e. The third-order valence-electron chi connectivity index (χ3n) is 1.83. The van der Waals surface area contributed by atoms with Gasteiger partial charge in [0.25, 0.3) is 0 Å². The molecule has 76 valence electrons. The molecule has 0 rings (SSSR count). The smallest absolute Gasteiger partial charge is 0.0879 e. The van der Waals surface area contributed by atoms with Gasteiger partial charge >= 0.3 is 0 Å². The van der Waals surface area contributed by atoms with Crippen molar-refractivity contribution in [3.63, 3.8) is 0 Å². The van der Waals surface area contributed by atoms with Crippen LogP contribution in [0.15, 0.2) is 0 Å². The molecule has 0 spiro atoms. The Morgan fingerprint density at radius 1 is 1.15 bits per heavy atom. The molecule has 0 amide bonds. The van der Waals surface area contributed by atoms with Gasteiger partial charge in [0, 0.05) is 12.8 Å². The molecule has 0 aliphatic carbocycles. The average Bonchev–Trinajstić information content (AvgIpc) is 2.16. The number of hydrogen-bond donors (Lipinski definition) is 2. The highest BCUT2D eigenvalue weighted by molar-refractivity contribution is 4.99. The minimum atomic E-state index is -0.664. The van der Waals surface area contributed by atoms with Crippen molar-refractivity contribution in [2.24, 2.45) is 0 Å². The van der Waals surface area contributed by atoms with Gasteiger partial charge in [-0.2, -0.15) is 0 Å². The summed E-state index contributed by atoms with van der Waals surface area (Å²) in [6.07, 6.45) is 5.56. The summed E-state index contributed by atoms with van der Waals surface area (Å²) in [6.45, 7) is 1.99. The lowest BCUT2D eigenvalue weighted by atomic mass is 10.1. The first-order chi connectivity index (χ1) is 6.31. The molecule has 2 nitrogen and oxygen atoms in total. The number of hydrogen-bond acceptors (Lipinski definition) is 2. The molecule has 0 bridgehead atoms. The minimum absolute atomic E-state index is 0.190. The van der Waals surface area contributed by atoms with Gasteiger partial charge in [-0.15, -0.1) is 11.8 Å². The van der Waals surface area contributed by atoms with E-state index in [1.165, 1.54) is 19.3 Å². The number of aliphatic hydroxyl groups excluding tert-OH is 2. The van der Waals surface area contributed by atoms with Crippen molar-refractivity contribution < 1.29 is 10.2 Å². The van der Waals surface area contributed by atoms with Crippen molar-refractivity contribution in [2.45, 2.75) is 51.6 Å². The lowest BCUT2D eigenvalue weighted by molar-refractivity contribution is 0.0992. The fourth-order valence-corrected chi connectivity index (χ4v) is 0.983. The van der Waals surface area contributed by atoms with Crippen LogP contribution in [0, 0.1) is 11.8 Å². The first-order valence-electron chi connectivity index (χ1n) is 5.06. The zero-order chi connectivity index (χ0) is 9.94. The van der Waals surface area contributed by atoms with Crippen molar-refractivity contribution in [3.05, 3.63) is 0 Å². The first-order valence-corrected chi connectivity index (χ1v) is 5.06. The quantitative estimate of drug-likeness (QED) is 0.487. The van der Waals surface area contributed by atoms with Gasteiger partial charge in [-0.1, -0.05) is 26.2 Å². The maximum absolute atomic E-state index is 8.95. The summed E-state index contributed by atoms with van der Waals surface area (Å²) in [5.74, 6) is 5.84. The monoisotopic (exact) mass is 184 g/mol. The summed E-state index contributed by atoms with van der Waals surface area (Å²) < 4.78 is 0. The van der Waals surface area contributed by atoms with E-state index in [0.29, 0.717) is 6.42 Å². The molecule has 0 radical (unpaired) electrons. The molecule has 0 aliphatic heterocycles. The van der Waals surface area contributed by atoms with E-state index in [2.05, 4.69) is 18.8 Å². The minimum Gasteiger partial charge on any atom is -0.394 e. The Labute approximate surface area is 81.0 Å².